The van der Waals surface area contributed by atoms with Crippen molar-refractivity contribution in [3.63, 3.8) is 0 Å². The largest absolute Gasteiger partial charge is 0.506 e. The smallest absolute Gasteiger partial charge is 0.290 e. The number of amides is 1. The first-order chi connectivity index (χ1) is 11.4. The molecule has 0 fully saturated rings. The molecule has 1 amide bonds. The van der Waals surface area contributed by atoms with Gasteiger partial charge in [0.15, 0.2) is 11.5 Å². The van der Waals surface area contributed by atoms with Crippen LogP contribution < -0.4 is 0 Å². The van der Waals surface area contributed by atoms with Crippen molar-refractivity contribution >= 4 is 23.3 Å². The summed E-state index contributed by atoms with van der Waals surface area (Å²) in [6, 6.07) is 3.77. The number of aliphatic hydroxyl groups is 1. The molecule has 2 N–H and O–H groups in total. The second-order valence-electron chi connectivity index (χ2n) is 5.50. The van der Waals surface area contributed by atoms with Crippen molar-refractivity contribution in [2.75, 3.05) is 20.3 Å². The Morgan fingerprint density at radius 1 is 1.38 bits per heavy atom. The number of ether oxygens (including phenoxy) is 1. The lowest BCUT2D eigenvalue weighted by atomic mass is 9.95. The first kappa shape index (κ1) is 18.3. The van der Waals surface area contributed by atoms with Gasteiger partial charge in [0.25, 0.3) is 5.91 Å². The molecule has 1 heterocycles. The highest BCUT2D eigenvalue weighted by molar-refractivity contribution is 6.32. The number of rotatable bonds is 7. The van der Waals surface area contributed by atoms with E-state index in [0.717, 1.165) is 0 Å². The zero-order chi connectivity index (χ0) is 17.9. The molecule has 0 bridgehead atoms. The van der Waals surface area contributed by atoms with Gasteiger partial charge in [0, 0.05) is 26.7 Å². The number of Topliss-reactive ketones (excluding diaryl/α,β-unsaturated/α-hetero) is 1. The first-order valence-electron chi connectivity index (χ1n) is 7.67. The van der Waals surface area contributed by atoms with Gasteiger partial charge < -0.3 is 19.8 Å². The number of carbonyl (C=O) groups excluding carboxylic acids is 2. The Hall–Kier alpha value is -2.05. The summed E-state index contributed by atoms with van der Waals surface area (Å²) in [5, 5.41) is 19.9. The number of halogens is 1. The highest BCUT2D eigenvalue weighted by atomic mass is 35.5. The molecular weight excluding hydrogens is 334 g/mol. The minimum atomic E-state index is -0.722. The fourth-order valence-electron chi connectivity index (χ4n) is 2.78. The van der Waals surface area contributed by atoms with Crippen LogP contribution in [0.4, 0.5) is 0 Å². The van der Waals surface area contributed by atoms with E-state index in [1.807, 2.05) is 0 Å². The van der Waals surface area contributed by atoms with Gasteiger partial charge in [0.1, 0.15) is 5.75 Å². The van der Waals surface area contributed by atoms with Crippen LogP contribution in [0.5, 0.6) is 5.75 Å². The molecule has 0 radical (unpaired) electrons. The number of aromatic hydroxyl groups is 1. The Kier molecular flexibility index (Phi) is 5.85. The summed E-state index contributed by atoms with van der Waals surface area (Å²) < 4.78 is 5.00. The van der Waals surface area contributed by atoms with Gasteiger partial charge in [-0.3, -0.25) is 9.59 Å². The maximum absolute atomic E-state index is 12.4. The number of hydrogen-bond acceptors (Lipinski definition) is 5. The normalized spacial score (nSPS) is 17.7. The summed E-state index contributed by atoms with van der Waals surface area (Å²) in [4.78, 5) is 26.1. The molecule has 7 heteroatoms. The van der Waals surface area contributed by atoms with Crippen molar-refractivity contribution in [2.24, 2.45) is 0 Å². The molecule has 0 saturated carbocycles. The molecular formula is C17H20ClNO5. The van der Waals surface area contributed by atoms with Gasteiger partial charge in [-0.1, -0.05) is 24.6 Å². The van der Waals surface area contributed by atoms with E-state index in [2.05, 4.69) is 0 Å². The third-order valence-corrected chi connectivity index (χ3v) is 4.26. The third kappa shape index (κ3) is 3.39. The van der Waals surface area contributed by atoms with Crippen LogP contribution in [-0.4, -0.2) is 47.1 Å². The fourth-order valence-corrected chi connectivity index (χ4v) is 2.97. The van der Waals surface area contributed by atoms with E-state index >= 15 is 0 Å². The number of aliphatic hydroxyl groups excluding tert-OH is 1. The van der Waals surface area contributed by atoms with Gasteiger partial charge >= 0.3 is 0 Å². The lowest BCUT2D eigenvalue weighted by molar-refractivity contribution is -0.129. The van der Waals surface area contributed by atoms with Crippen LogP contribution >= 0.6 is 11.6 Å². The molecule has 0 spiro atoms. The molecule has 24 heavy (non-hydrogen) atoms. The van der Waals surface area contributed by atoms with Crippen LogP contribution in [0, 0.1) is 0 Å². The number of phenolic OH excluding ortho intramolecular Hbond substituents is 1. The van der Waals surface area contributed by atoms with Gasteiger partial charge in [-0.25, -0.2) is 0 Å². The van der Waals surface area contributed by atoms with Crippen LogP contribution in [-0.2, 0) is 14.3 Å². The van der Waals surface area contributed by atoms with Crippen molar-refractivity contribution in [1.82, 2.24) is 4.90 Å². The molecule has 0 aliphatic carbocycles. The zero-order valence-corrected chi connectivity index (χ0v) is 14.3. The van der Waals surface area contributed by atoms with Gasteiger partial charge in [-0.15, -0.1) is 0 Å². The standard InChI is InChI=1S/C17H20ClNO5/c1-3-12(20)14-15(10-5-6-13(21)11(18)9-10)19(7-4-8-24-2)17(23)16(14)22/h5-6,9,15,21-22H,3-4,7-8H2,1-2H3. The van der Waals surface area contributed by atoms with E-state index in [4.69, 9.17) is 16.3 Å². The number of ketones is 1. The summed E-state index contributed by atoms with van der Waals surface area (Å²) in [6.07, 6.45) is 0.729. The summed E-state index contributed by atoms with van der Waals surface area (Å²) in [5.74, 6) is -1.50. The summed E-state index contributed by atoms with van der Waals surface area (Å²) in [5.41, 5.74) is 0.631. The molecule has 130 valence electrons. The molecule has 2 rings (SSSR count). The quantitative estimate of drug-likeness (QED) is 0.736. The predicted octanol–water partition coefficient (Wildman–Crippen LogP) is 2.76. The number of phenols is 1. The Morgan fingerprint density at radius 2 is 2.08 bits per heavy atom. The van der Waals surface area contributed by atoms with Crippen LogP contribution in [0.2, 0.25) is 5.02 Å². The van der Waals surface area contributed by atoms with Gasteiger partial charge in [-0.2, -0.15) is 0 Å². The third-order valence-electron chi connectivity index (χ3n) is 3.96. The van der Waals surface area contributed by atoms with Crippen molar-refractivity contribution < 1.29 is 24.5 Å². The highest BCUT2D eigenvalue weighted by Crippen LogP contribution is 2.40. The summed E-state index contributed by atoms with van der Waals surface area (Å²) in [7, 11) is 1.56. The molecule has 1 aromatic carbocycles. The number of carbonyl (C=O) groups is 2. The highest BCUT2D eigenvalue weighted by Gasteiger charge is 2.42. The molecule has 0 saturated heterocycles. The average Bonchev–Trinajstić information content (AvgIpc) is 2.82. The van der Waals surface area contributed by atoms with Crippen molar-refractivity contribution in [1.29, 1.82) is 0 Å². The van der Waals surface area contributed by atoms with E-state index in [1.54, 1.807) is 20.1 Å². The number of hydrogen-bond donors (Lipinski definition) is 2. The minimum Gasteiger partial charge on any atom is -0.506 e. The van der Waals surface area contributed by atoms with E-state index in [1.165, 1.54) is 17.0 Å². The molecule has 6 nitrogen and oxygen atoms in total. The van der Waals surface area contributed by atoms with E-state index in [0.29, 0.717) is 25.1 Å². The Balaban J connectivity index is 2.46. The fraction of sp³-hybridized carbons (Fsp3) is 0.412. The summed E-state index contributed by atoms with van der Waals surface area (Å²) in [6.45, 7) is 2.44. The number of nitrogens with zero attached hydrogens (tertiary/aromatic N) is 1. The maximum Gasteiger partial charge on any atom is 0.290 e. The van der Waals surface area contributed by atoms with Crippen LogP contribution in [0.1, 0.15) is 31.4 Å². The van der Waals surface area contributed by atoms with Gasteiger partial charge in [0.05, 0.1) is 16.6 Å². The van der Waals surface area contributed by atoms with Crippen molar-refractivity contribution in [3.05, 3.63) is 40.1 Å². The average molecular weight is 354 g/mol. The van der Waals surface area contributed by atoms with Crippen molar-refractivity contribution in [2.45, 2.75) is 25.8 Å². The Morgan fingerprint density at radius 3 is 2.67 bits per heavy atom. The van der Waals surface area contributed by atoms with E-state index in [-0.39, 0.29) is 28.5 Å². The van der Waals surface area contributed by atoms with Gasteiger partial charge in [0.2, 0.25) is 0 Å². The lowest BCUT2D eigenvalue weighted by Crippen LogP contribution is -2.32. The van der Waals surface area contributed by atoms with Crippen LogP contribution in [0.15, 0.2) is 29.5 Å². The lowest BCUT2D eigenvalue weighted by Gasteiger charge is -2.27. The second-order valence-corrected chi connectivity index (χ2v) is 5.90. The number of benzene rings is 1. The number of methoxy groups -OCH3 is 1. The monoisotopic (exact) mass is 353 g/mol. The van der Waals surface area contributed by atoms with Crippen LogP contribution in [0.3, 0.4) is 0 Å². The maximum atomic E-state index is 12.4. The summed E-state index contributed by atoms with van der Waals surface area (Å²) >= 11 is 5.96. The topological polar surface area (TPSA) is 87.1 Å². The molecule has 0 aromatic heterocycles. The molecule has 1 aliphatic rings. The second kappa shape index (κ2) is 7.68. The molecule has 1 atom stereocenters. The Bertz CT molecular complexity index is 686. The molecule has 1 aromatic rings. The first-order valence-corrected chi connectivity index (χ1v) is 8.04. The van der Waals surface area contributed by atoms with Crippen LogP contribution in [0.25, 0.3) is 0 Å². The SMILES string of the molecule is CCC(=O)C1=C(O)C(=O)N(CCCOC)C1c1ccc(O)c(Cl)c1. The minimum absolute atomic E-state index is 0.0710. The zero-order valence-electron chi connectivity index (χ0n) is 13.6. The Labute approximate surface area is 145 Å². The molecule has 1 unspecified atom stereocenters. The van der Waals surface area contributed by atoms with Crippen molar-refractivity contribution in [3.8, 4) is 5.75 Å². The van der Waals surface area contributed by atoms with E-state index in [9.17, 15) is 19.8 Å². The van der Waals surface area contributed by atoms with Gasteiger partial charge in [-0.05, 0) is 24.1 Å². The van der Waals surface area contributed by atoms with E-state index < -0.39 is 17.7 Å². The predicted molar refractivity (Wildman–Crippen MR) is 89.0 cm³/mol. The molecule has 1 aliphatic heterocycles.